The lowest BCUT2D eigenvalue weighted by Crippen LogP contribution is -2.33. The van der Waals surface area contributed by atoms with E-state index in [1.54, 1.807) is 0 Å². The average Bonchev–Trinajstić information content (AvgIpc) is 3.69. The van der Waals surface area contributed by atoms with Crippen molar-refractivity contribution in [1.82, 2.24) is 10.3 Å². The van der Waals surface area contributed by atoms with E-state index < -0.39 is 0 Å². The molecule has 1 aliphatic rings. The second kappa shape index (κ2) is 13.6. The van der Waals surface area contributed by atoms with Gasteiger partial charge in [0, 0.05) is 53.0 Å². The molecule has 0 spiro atoms. The molecule has 0 fully saturated rings. The van der Waals surface area contributed by atoms with Gasteiger partial charge < -0.3 is 5.32 Å². The lowest BCUT2D eigenvalue weighted by molar-refractivity contribution is 0.675. The second-order valence-electron chi connectivity index (χ2n) is 15.2. The molecule has 3 heterocycles. The maximum absolute atomic E-state index is 5.20. The normalized spacial score (nSPS) is 14.3. The largest absolute Gasteiger partial charge is 0.344 e. The number of aliphatic imine (C=N–C) groups is 2. The van der Waals surface area contributed by atoms with Crippen molar-refractivity contribution in [3.63, 3.8) is 0 Å². The molecule has 0 saturated carbocycles. The average molecular weight is 771 g/mol. The molecule has 9 aromatic carbocycles. The minimum atomic E-state index is -0.296. The van der Waals surface area contributed by atoms with Gasteiger partial charge in [0.2, 0.25) is 0 Å². The van der Waals surface area contributed by atoms with Crippen LogP contribution in [-0.2, 0) is 0 Å². The number of hydrogen-bond acceptors (Lipinski definition) is 5. The molecule has 1 atom stereocenters. The molecule has 276 valence electrons. The van der Waals surface area contributed by atoms with Gasteiger partial charge in [0.15, 0.2) is 5.84 Å². The summed E-state index contributed by atoms with van der Waals surface area (Å²) in [6.07, 6.45) is -0.296. The van der Waals surface area contributed by atoms with Crippen LogP contribution in [0.3, 0.4) is 0 Å². The Morgan fingerprint density at radius 2 is 1.10 bits per heavy atom. The predicted molar refractivity (Wildman–Crippen MR) is 250 cm³/mol. The Morgan fingerprint density at radius 1 is 0.441 bits per heavy atom. The summed E-state index contributed by atoms with van der Waals surface area (Å²) in [6, 6.07) is 69.2. The zero-order valence-electron chi connectivity index (χ0n) is 31.8. The van der Waals surface area contributed by atoms with Crippen molar-refractivity contribution >= 4 is 86.4 Å². The molecule has 11 aromatic rings. The fraction of sp³-hybridized carbons (Fsp3) is 0.0185. The Kier molecular flexibility index (Phi) is 7.75. The molecule has 0 saturated heterocycles. The minimum absolute atomic E-state index is 0.296. The van der Waals surface area contributed by atoms with Gasteiger partial charge >= 0.3 is 0 Å². The van der Waals surface area contributed by atoms with Crippen LogP contribution in [0.2, 0.25) is 0 Å². The van der Waals surface area contributed by atoms with Gasteiger partial charge in [-0.1, -0.05) is 164 Å². The molecule has 2 aromatic heterocycles. The maximum atomic E-state index is 5.20. The van der Waals surface area contributed by atoms with Crippen molar-refractivity contribution in [2.75, 3.05) is 0 Å². The predicted octanol–water partition coefficient (Wildman–Crippen LogP) is 13.9. The molecular weight excluding hydrogens is 737 g/mol. The van der Waals surface area contributed by atoms with E-state index in [0.717, 1.165) is 44.9 Å². The van der Waals surface area contributed by atoms with Crippen LogP contribution >= 0.6 is 11.3 Å². The van der Waals surface area contributed by atoms with Gasteiger partial charge in [0.25, 0.3) is 0 Å². The molecule has 59 heavy (non-hydrogen) atoms. The smallest absolute Gasteiger partial charge is 0.159 e. The zero-order valence-corrected chi connectivity index (χ0v) is 32.6. The fourth-order valence-electron chi connectivity index (χ4n) is 8.69. The van der Waals surface area contributed by atoms with Crippen molar-refractivity contribution < 1.29 is 0 Å². The van der Waals surface area contributed by atoms with Gasteiger partial charge in [-0.2, -0.15) is 0 Å². The number of fused-ring (bicyclic) bond motifs is 9. The number of aromatic nitrogens is 1. The van der Waals surface area contributed by atoms with Gasteiger partial charge in [-0.25, -0.2) is 15.0 Å². The molecular formula is C54H34N4S. The van der Waals surface area contributed by atoms with E-state index in [1.807, 2.05) is 11.3 Å². The van der Waals surface area contributed by atoms with E-state index in [2.05, 4.69) is 199 Å². The molecule has 0 bridgehead atoms. The lowest BCUT2D eigenvalue weighted by atomic mass is 9.97. The highest BCUT2D eigenvalue weighted by molar-refractivity contribution is 7.26. The van der Waals surface area contributed by atoms with Gasteiger partial charge in [-0.3, -0.25) is 0 Å². The third-order valence-corrected chi connectivity index (χ3v) is 12.9. The Bertz CT molecular complexity index is 3530. The highest BCUT2D eigenvalue weighted by Crippen LogP contribution is 2.44. The zero-order chi connectivity index (χ0) is 38.9. The summed E-state index contributed by atoms with van der Waals surface area (Å²) in [7, 11) is 0. The standard InChI is InChI=1S/C54H34N4S/c1-2-12-36(13-3-1)50-45-28-27-43-46-32-40(26-29-48(46)59-51(43)49(45)44-16-8-9-17-47(44)55-50)35-18-22-37(23-19-35)52-56-53(41-24-20-33-10-4-6-14-38(33)30-41)58-54(57-52)42-25-21-34-11-5-7-15-39(34)31-42/h1-32,53H,(H,56,57,58). The van der Waals surface area contributed by atoms with Crippen LogP contribution in [0.5, 0.6) is 0 Å². The number of para-hydroxylation sites is 1. The maximum Gasteiger partial charge on any atom is 0.159 e. The third kappa shape index (κ3) is 5.78. The van der Waals surface area contributed by atoms with Crippen LogP contribution in [0, 0.1) is 0 Å². The first-order valence-electron chi connectivity index (χ1n) is 20.0. The van der Waals surface area contributed by atoms with Gasteiger partial charge in [0.05, 0.1) is 11.2 Å². The van der Waals surface area contributed by atoms with E-state index in [4.69, 9.17) is 15.0 Å². The first-order chi connectivity index (χ1) is 29.2. The summed E-state index contributed by atoms with van der Waals surface area (Å²) in [4.78, 5) is 15.5. The van der Waals surface area contributed by atoms with E-state index in [1.165, 1.54) is 63.4 Å². The Balaban J connectivity index is 0.933. The fourth-order valence-corrected chi connectivity index (χ4v) is 9.93. The van der Waals surface area contributed by atoms with Crippen LogP contribution in [0.1, 0.15) is 22.9 Å². The minimum Gasteiger partial charge on any atom is -0.344 e. The molecule has 12 rings (SSSR count). The first-order valence-corrected chi connectivity index (χ1v) is 20.8. The van der Waals surface area contributed by atoms with Crippen LogP contribution in [0.15, 0.2) is 204 Å². The Hall–Kier alpha value is -7.47. The summed E-state index contributed by atoms with van der Waals surface area (Å²) >= 11 is 1.87. The molecule has 5 heteroatoms. The molecule has 1 aliphatic heterocycles. The van der Waals surface area contributed by atoms with Crippen molar-refractivity contribution in [1.29, 1.82) is 0 Å². The quantitative estimate of drug-likeness (QED) is 0.177. The van der Waals surface area contributed by atoms with Crippen LogP contribution < -0.4 is 5.32 Å². The monoisotopic (exact) mass is 770 g/mol. The van der Waals surface area contributed by atoms with E-state index >= 15 is 0 Å². The van der Waals surface area contributed by atoms with Gasteiger partial charge in [-0.05, 0) is 68.6 Å². The van der Waals surface area contributed by atoms with E-state index in [9.17, 15) is 0 Å². The highest BCUT2D eigenvalue weighted by Gasteiger charge is 2.22. The number of pyridine rings is 1. The van der Waals surface area contributed by atoms with Crippen molar-refractivity contribution in [3.8, 4) is 22.4 Å². The molecule has 0 amide bonds. The van der Waals surface area contributed by atoms with Crippen molar-refractivity contribution in [2.24, 2.45) is 9.98 Å². The summed E-state index contributed by atoms with van der Waals surface area (Å²) < 4.78 is 2.57. The van der Waals surface area contributed by atoms with Crippen LogP contribution in [-0.4, -0.2) is 16.7 Å². The third-order valence-electron chi connectivity index (χ3n) is 11.7. The summed E-state index contributed by atoms with van der Waals surface area (Å²) in [5.74, 6) is 1.52. The summed E-state index contributed by atoms with van der Waals surface area (Å²) in [6.45, 7) is 0. The molecule has 0 radical (unpaired) electrons. The molecule has 0 aliphatic carbocycles. The lowest BCUT2D eigenvalue weighted by Gasteiger charge is -2.24. The second-order valence-corrected chi connectivity index (χ2v) is 16.3. The van der Waals surface area contributed by atoms with Gasteiger partial charge in [-0.15, -0.1) is 11.3 Å². The number of amidine groups is 2. The topological polar surface area (TPSA) is 49.6 Å². The summed E-state index contributed by atoms with van der Waals surface area (Å²) in [5, 5.41) is 14.6. The number of nitrogens with one attached hydrogen (secondary N) is 1. The molecule has 1 N–H and O–H groups in total. The summed E-state index contributed by atoms with van der Waals surface area (Å²) in [5.41, 5.74) is 8.60. The highest BCUT2D eigenvalue weighted by atomic mass is 32.1. The number of nitrogens with zero attached hydrogens (tertiary/aromatic N) is 3. The van der Waals surface area contributed by atoms with Crippen molar-refractivity contribution in [2.45, 2.75) is 6.17 Å². The first kappa shape index (κ1) is 33.6. The van der Waals surface area contributed by atoms with E-state index in [-0.39, 0.29) is 6.17 Å². The van der Waals surface area contributed by atoms with E-state index in [0.29, 0.717) is 5.84 Å². The number of hydrogen-bond donors (Lipinski definition) is 1. The Labute approximate surface area is 344 Å². The number of thiophene rings is 1. The van der Waals surface area contributed by atoms with Crippen molar-refractivity contribution in [3.05, 3.63) is 211 Å². The van der Waals surface area contributed by atoms with Crippen LogP contribution in [0.25, 0.3) is 85.8 Å². The molecule has 1 unspecified atom stereocenters. The Morgan fingerprint density at radius 3 is 1.93 bits per heavy atom. The van der Waals surface area contributed by atoms with Crippen LogP contribution in [0.4, 0.5) is 0 Å². The number of rotatable bonds is 5. The molecule has 4 nitrogen and oxygen atoms in total. The van der Waals surface area contributed by atoms with Gasteiger partial charge in [0.1, 0.15) is 12.0 Å². The number of benzene rings is 9. The SMILES string of the molecule is c1ccc(-c2nc3ccccc3c3c2ccc2c4cc(-c5ccc(C6=NC(c7ccc8ccccc8c7)=NC(c7ccc8ccccc8c7)N6)cc5)ccc4sc23)cc1.